The van der Waals surface area contributed by atoms with E-state index in [1.165, 1.54) is 6.42 Å². The Morgan fingerprint density at radius 1 is 0.929 bits per heavy atom. The van der Waals surface area contributed by atoms with Crippen molar-refractivity contribution in [2.24, 2.45) is 29.6 Å². The van der Waals surface area contributed by atoms with Crippen molar-refractivity contribution in [3.8, 4) is 0 Å². The Kier molecular flexibility index (Phi) is 2.18. The third kappa shape index (κ3) is 1.34. The van der Waals surface area contributed by atoms with Crippen molar-refractivity contribution in [3.63, 3.8) is 0 Å². The summed E-state index contributed by atoms with van der Waals surface area (Å²) in [6.07, 6.45) is 13.9. The van der Waals surface area contributed by atoms with Gasteiger partial charge in [0.1, 0.15) is 0 Å². The predicted octanol–water partition coefficient (Wildman–Crippen LogP) is 4.02. The van der Waals surface area contributed by atoms with Crippen LogP contribution in [-0.4, -0.2) is 0 Å². The number of hydrogen-bond donors (Lipinski definition) is 0. The Labute approximate surface area is 87.8 Å². The molecular weight excluding hydrogens is 168 g/mol. The number of hydrogen-bond acceptors (Lipinski definition) is 0. The van der Waals surface area contributed by atoms with Gasteiger partial charge in [0, 0.05) is 0 Å². The molecule has 0 saturated heterocycles. The fourth-order valence-corrected chi connectivity index (χ4v) is 4.72. The van der Waals surface area contributed by atoms with Gasteiger partial charge in [0.2, 0.25) is 0 Å². The predicted molar refractivity (Wildman–Crippen MR) is 60.0 cm³/mol. The fraction of sp³-hybridized carbons (Fsp3) is 0.857. The van der Waals surface area contributed by atoms with Crippen LogP contribution in [0.15, 0.2) is 12.2 Å². The van der Waals surface area contributed by atoms with Crippen molar-refractivity contribution in [1.29, 1.82) is 0 Å². The zero-order valence-electron chi connectivity index (χ0n) is 9.28. The van der Waals surface area contributed by atoms with E-state index in [-0.39, 0.29) is 0 Å². The summed E-state index contributed by atoms with van der Waals surface area (Å²) < 4.78 is 0. The SMILES string of the molecule is C/C=C/CC1C2CC3CC(C2)CC1C3. The molecule has 0 N–H and O–H groups in total. The molecule has 0 aliphatic heterocycles. The maximum Gasteiger partial charge on any atom is -0.0317 e. The van der Waals surface area contributed by atoms with Gasteiger partial charge >= 0.3 is 0 Å². The molecule has 0 heteroatoms. The van der Waals surface area contributed by atoms with E-state index in [2.05, 4.69) is 19.1 Å². The van der Waals surface area contributed by atoms with E-state index in [1.54, 1.807) is 32.1 Å². The summed E-state index contributed by atoms with van der Waals surface area (Å²) in [5.41, 5.74) is 0. The molecule has 4 aliphatic rings. The summed E-state index contributed by atoms with van der Waals surface area (Å²) in [6.45, 7) is 2.16. The molecule has 4 rings (SSSR count). The molecule has 0 nitrogen and oxygen atoms in total. The Bertz CT molecular complexity index is 210. The summed E-state index contributed by atoms with van der Waals surface area (Å²) in [4.78, 5) is 0. The molecule has 0 aromatic heterocycles. The second-order valence-electron chi connectivity index (χ2n) is 5.90. The third-order valence-electron chi connectivity index (χ3n) is 5.07. The van der Waals surface area contributed by atoms with Gasteiger partial charge in [0.15, 0.2) is 0 Å². The minimum absolute atomic E-state index is 1.07. The molecule has 14 heavy (non-hydrogen) atoms. The van der Waals surface area contributed by atoms with Crippen LogP contribution in [0, 0.1) is 29.6 Å². The Hall–Kier alpha value is -0.260. The monoisotopic (exact) mass is 190 g/mol. The van der Waals surface area contributed by atoms with Crippen LogP contribution in [-0.2, 0) is 0 Å². The summed E-state index contributed by atoms with van der Waals surface area (Å²) in [6, 6.07) is 0. The minimum Gasteiger partial charge on any atom is -0.0917 e. The van der Waals surface area contributed by atoms with E-state index in [4.69, 9.17) is 0 Å². The molecule has 4 aliphatic carbocycles. The molecule has 0 radical (unpaired) electrons. The zero-order valence-corrected chi connectivity index (χ0v) is 9.28. The maximum atomic E-state index is 2.41. The standard InChI is InChI=1S/C14H22/c1-2-3-4-14-12-6-10-5-11(8-12)9-13(14)7-10/h2-3,10-14H,4-9H2,1H3/b3-2+. The van der Waals surface area contributed by atoms with Gasteiger partial charge in [0.25, 0.3) is 0 Å². The first-order valence-corrected chi connectivity index (χ1v) is 6.48. The maximum absolute atomic E-state index is 2.41. The molecule has 0 heterocycles. The van der Waals surface area contributed by atoms with Crippen LogP contribution in [0.5, 0.6) is 0 Å². The topological polar surface area (TPSA) is 0 Å². The van der Waals surface area contributed by atoms with Crippen molar-refractivity contribution in [2.45, 2.75) is 45.4 Å². The molecule has 4 saturated carbocycles. The van der Waals surface area contributed by atoms with Crippen molar-refractivity contribution in [2.75, 3.05) is 0 Å². The van der Waals surface area contributed by atoms with Crippen LogP contribution in [0.4, 0.5) is 0 Å². The Morgan fingerprint density at radius 2 is 1.50 bits per heavy atom. The lowest BCUT2D eigenvalue weighted by atomic mass is 9.51. The largest absolute Gasteiger partial charge is 0.0917 e. The van der Waals surface area contributed by atoms with Gasteiger partial charge in [-0.15, -0.1) is 0 Å². The lowest BCUT2D eigenvalue weighted by Gasteiger charge is -2.54. The molecule has 78 valence electrons. The lowest BCUT2D eigenvalue weighted by molar-refractivity contribution is -0.0349. The molecule has 0 atom stereocenters. The first-order valence-electron chi connectivity index (χ1n) is 6.48. The number of allylic oxidation sites excluding steroid dienone is 2. The van der Waals surface area contributed by atoms with Crippen LogP contribution < -0.4 is 0 Å². The second kappa shape index (κ2) is 3.40. The highest BCUT2D eigenvalue weighted by molar-refractivity contribution is 5.00. The molecule has 0 amide bonds. The molecule has 4 fully saturated rings. The van der Waals surface area contributed by atoms with Crippen LogP contribution >= 0.6 is 0 Å². The van der Waals surface area contributed by atoms with E-state index in [0.717, 1.165) is 29.6 Å². The van der Waals surface area contributed by atoms with Gasteiger partial charge in [-0.2, -0.15) is 0 Å². The second-order valence-corrected chi connectivity index (χ2v) is 5.90. The summed E-state index contributed by atoms with van der Waals surface area (Å²) in [7, 11) is 0. The summed E-state index contributed by atoms with van der Waals surface area (Å²) in [5, 5.41) is 0. The van der Waals surface area contributed by atoms with Gasteiger partial charge in [-0.1, -0.05) is 12.2 Å². The lowest BCUT2D eigenvalue weighted by Crippen LogP contribution is -2.44. The van der Waals surface area contributed by atoms with Crippen molar-refractivity contribution in [3.05, 3.63) is 12.2 Å². The average molecular weight is 190 g/mol. The Balaban J connectivity index is 1.74. The highest BCUT2D eigenvalue weighted by Crippen LogP contribution is 2.57. The van der Waals surface area contributed by atoms with Crippen molar-refractivity contribution < 1.29 is 0 Å². The zero-order chi connectivity index (χ0) is 9.54. The average Bonchev–Trinajstić information content (AvgIpc) is 2.15. The molecular formula is C14H22. The van der Waals surface area contributed by atoms with Gasteiger partial charge < -0.3 is 0 Å². The van der Waals surface area contributed by atoms with E-state index in [0.29, 0.717) is 0 Å². The van der Waals surface area contributed by atoms with E-state index < -0.39 is 0 Å². The summed E-state index contributed by atoms with van der Waals surface area (Å²) in [5.74, 6) is 5.57. The summed E-state index contributed by atoms with van der Waals surface area (Å²) >= 11 is 0. The van der Waals surface area contributed by atoms with Crippen molar-refractivity contribution >= 4 is 0 Å². The van der Waals surface area contributed by atoms with E-state index in [1.807, 2.05) is 0 Å². The van der Waals surface area contributed by atoms with Gasteiger partial charge in [-0.25, -0.2) is 0 Å². The van der Waals surface area contributed by atoms with E-state index >= 15 is 0 Å². The normalized spacial score (nSPS) is 50.5. The van der Waals surface area contributed by atoms with Crippen LogP contribution in [0.25, 0.3) is 0 Å². The molecule has 0 aromatic rings. The highest BCUT2D eigenvalue weighted by Gasteiger charge is 2.47. The smallest absolute Gasteiger partial charge is 0.0317 e. The molecule has 0 unspecified atom stereocenters. The van der Waals surface area contributed by atoms with Gasteiger partial charge in [-0.3, -0.25) is 0 Å². The van der Waals surface area contributed by atoms with E-state index in [9.17, 15) is 0 Å². The van der Waals surface area contributed by atoms with Crippen molar-refractivity contribution in [1.82, 2.24) is 0 Å². The van der Waals surface area contributed by atoms with Gasteiger partial charge in [-0.05, 0) is 75.0 Å². The van der Waals surface area contributed by atoms with Crippen LogP contribution in [0.2, 0.25) is 0 Å². The van der Waals surface area contributed by atoms with Gasteiger partial charge in [0.05, 0.1) is 0 Å². The highest BCUT2D eigenvalue weighted by atomic mass is 14.5. The fourth-order valence-electron chi connectivity index (χ4n) is 4.72. The quantitative estimate of drug-likeness (QED) is 0.577. The molecule has 0 aromatic carbocycles. The minimum atomic E-state index is 1.07. The molecule has 4 bridgehead atoms. The first kappa shape index (κ1) is 9.00. The van der Waals surface area contributed by atoms with Crippen LogP contribution in [0.1, 0.15) is 45.4 Å². The first-order chi connectivity index (χ1) is 6.86. The third-order valence-corrected chi connectivity index (χ3v) is 5.07. The Morgan fingerprint density at radius 3 is 2.00 bits per heavy atom. The number of rotatable bonds is 2. The molecule has 0 spiro atoms. The van der Waals surface area contributed by atoms with Crippen LogP contribution in [0.3, 0.4) is 0 Å².